The average Bonchev–Trinajstić information content (AvgIpc) is 2.55. The van der Waals surface area contributed by atoms with Crippen molar-refractivity contribution in [3.8, 4) is 0 Å². The van der Waals surface area contributed by atoms with Crippen molar-refractivity contribution < 1.29 is 0 Å². The molecule has 0 fully saturated rings. The van der Waals surface area contributed by atoms with Gasteiger partial charge in [-0.3, -0.25) is 0 Å². The highest BCUT2D eigenvalue weighted by molar-refractivity contribution is 5.89. The summed E-state index contributed by atoms with van der Waals surface area (Å²) in [4.78, 5) is 4.62. The molecule has 2 rings (SSSR count). The first-order valence-electron chi connectivity index (χ1n) is 9.37. The van der Waals surface area contributed by atoms with Crippen molar-refractivity contribution >= 4 is 11.5 Å². The van der Waals surface area contributed by atoms with E-state index in [4.69, 9.17) is 5.73 Å². The number of hydrogen-bond acceptors (Lipinski definition) is 1. The van der Waals surface area contributed by atoms with Crippen LogP contribution in [0, 0.1) is 11.8 Å². The maximum Gasteiger partial charge on any atom is 0.107 e. The molecule has 0 amide bonds. The van der Waals surface area contributed by atoms with Gasteiger partial charge in [-0.1, -0.05) is 71.0 Å². The first-order chi connectivity index (χ1) is 11.8. The Hall–Kier alpha value is -2.09. The summed E-state index contributed by atoms with van der Waals surface area (Å²) < 4.78 is 0. The van der Waals surface area contributed by atoms with Crippen LogP contribution in [0.5, 0.6) is 0 Å². The van der Waals surface area contributed by atoms with Crippen molar-refractivity contribution in [1.82, 2.24) is 0 Å². The van der Waals surface area contributed by atoms with Gasteiger partial charge in [-0.2, -0.15) is 0 Å². The zero-order chi connectivity index (χ0) is 18.4. The van der Waals surface area contributed by atoms with Gasteiger partial charge in [0.05, 0.1) is 5.69 Å². The number of nitrogens with zero attached hydrogens (tertiary/aromatic N) is 1. The number of aliphatic imine (C=N–C) groups is 1. The van der Waals surface area contributed by atoms with Crippen molar-refractivity contribution in [1.29, 1.82) is 0 Å². The molecule has 0 unspecified atom stereocenters. The Morgan fingerprint density at radius 1 is 0.760 bits per heavy atom. The van der Waals surface area contributed by atoms with Crippen molar-refractivity contribution in [2.45, 2.75) is 53.4 Å². The maximum absolute atomic E-state index is 6.27. The van der Waals surface area contributed by atoms with Gasteiger partial charge in [-0.25, -0.2) is 4.99 Å². The molecule has 0 spiro atoms. The Bertz CT molecular complexity index is 679. The van der Waals surface area contributed by atoms with E-state index in [9.17, 15) is 0 Å². The molecule has 2 aromatic rings. The predicted octanol–water partition coefficient (Wildman–Crippen LogP) is 5.88. The molecule has 1 atom stereocenters. The van der Waals surface area contributed by atoms with E-state index >= 15 is 0 Å². The zero-order valence-electron chi connectivity index (χ0n) is 16.3. The zero-order valence-corrected chi connectivity index (χ0v) is 16.3. The molecule has 0 aliphatic rings. The van der Waals surface area contributed by atoms with Crippen LogP contribution in [-0.4, -0.2) is 5.84 Å². The van der Waals surface area contributed by atoms with Crippen molar-refractivity contribution in [3.05, 3.63) is 65.2 Å². The van der Waals surface area contributed by atoms with Gasteiger partial charge in [0.2, 0.25) is 0 Å². The second kappa shape index (κ2) is 8.84. The molecule has 134 valence electrons. The molecule has 2 N–H and O–H groups in total. The van der Waals surface area contributed by atoms with E-state index in [2.05, 4.69) is 88.1 Å². The third-order valence-corrected chi connectivity index (χ3v) is 4.41. The molecule has 0 radical (unpaired) electrons. The lowest BCUT2D eigenvalue weighted by Crippen LogP contribution is -2.19. The normalized spacial score (nSPS) is 13.5. The van der Waals surface area contributed by atoms with Crippen LogP contribution in [0.3, 0.4) is 0 Å². The number of nitrogens with two attached hydrogens (primary N) is 1. The van der Waals surface area contributed by atoms with Crippen LogP contribution in [-0.2, 0) is 12.8 Å². The lowest BCUT2D eigenvalue weighted by molar-refractivity contribution is 0.647. The number of benzene rings is 2. The summed E-state index contributed by atoms with van der Waals surface area (Å²) >= 11 is 0. The number of amidine groups is 1. The summed E-state index contributed by atoms with van der Waals surface area (Å²) in [5, 5.41) is 0. The molecular formula is C23H32N2. The van der Waals surface area contributed by atoms with Gasteiger partial charge in [-0.05, 0) is 53.5 Å². The summed E-state index contributed by atoms with van der Waals surface area (Å²) in [5.41, 5.74) is 11.1. The molecule has 0 aliphatic heterocycles. The first-order valence-corrected chi connectivity index (χ1v) is 9.37. The summed E-state index contributed by atoms with van der Waals surface area (Å²) in [6, 6.07) is 17.2. The summed E-state index contributed by atoms with van der Waals surface area (Å²) in [6.07, 6.45) is 2.21. The predicted molar refractivity (Wildman–Crippen MR) is 110 cm³/mol. The van der Waals surface area contributed by atoms with Gasteiger partial charge in [0.1, 0.15) is 5.84 Å². The van der Waals surface area contributed by atoms with Crippen molar-refractivity contribution in [2.75, 3.05) is 0 Å². The fourth-order valence-corrected chi connectivity index (χ4v) is 3.01. The molecule has 0 saturated carbocycles. The molecule has 25 heavy (non-hydrogen) atoms. The van der Waals surface area contributed by atoms with E-state index in [1.165, 1.54) is 16.7 Å². The van der Waals surface area contributed by atoms with Crippen molar-refractivity contribution in [2.24, 2.45) is 22.6 Å². The van der Waals surface area contributed by atoms with Gasteiger partial charge < -0.3 is 5.73 Å². The van der Waals surface area contributed by atoms with Crippen LogP contribution in [0.15, 0.2) is 53.5 Å². The lowest BCUT2D eigenvalue weighted by Gasteiger charge is -2.13. The van der Waals surface area contributed by atoms with Gasteiger partial charge in [0.15, 0.2) is 0 Å². The molecule has 2 aromatic carbocycles. The number of hydrogen-bond donors (Lipinski definition) is 1. The molecular weight excluding hydrogens is 304 g/mol. The van der Waals surface area contributed by atoms with E-state index in [1.54, 1.807) is 0 Å². The second-order valence-electron chi connectivity index (χ2n) is 7.86. The molecule has 2 nitrogen and oxygen atoms in total. The van der Waals surface area contributed by atoms with Gasteiger partial charge in [0, 0.05) is 5.92 Å². The maximum atomic E-state index is 6.27. The molecule has 0 heterocycles. The second-order valence-corrected chi connectivity index (χ2v) is 7.86. The van der Waals surface area contributed by atoms with Gasteiger partial charge in [0.25, 0.3) is 0 Å². The van der Waals surface area contributed by atoms with Crippen molar-refractivity contribution in [3.63, 3.8) is 0 Å². The first kappa shape index (κ1) is 19.2. The molecule has 0 saturated heterocycles. The third kappa shape index (κ3) is 6.04. The summed E-state index contributed by atoms with van der Waals surface area (Å²) in [5.74, 6) is 2.11. The fraction of sp³-hybridized carbons (Fsp3) is 0.435. The highest BCUT2D eigenvalue weighted by atomic mass is 14.9. The van der Waals surface area contributed by atoms with Crippen LogP contribution >= 0.6 is 0 Å². The highest BCUT2D eigenvalue weighted by Gasteiger charge is 2.10. The minimum Gasteiger partial charge on any atom is -0.387 e. The fourth-order valence-electron chi connectivity index (χ4n) is 3.01. The van der Waals surface area contributed by atoms with Crippen LogP contribution in [0.1, 0.15) is 57.2 Å². The molecule has 0 aliphatic carbocycles. The Morgan fingerprint density at radius 3 is 1.64 bits per heavy atom. The molecule has 2 heteroatoms. The third-order valence-electron chi connectivity index (χ3n) is 4.41. The average molecular weight is 337 g/mol. The summed E-state index contributed by atoms with van der Waals surface area (Å²) in [7, 11) is 0. The standard InChI is InChI=1S/C23H32N2/c1-16(2)14-19-6-10-21(11-7-19)18(5)23(24)25-22-12-8-20(9-13-22)15-17(3)4/h6-13,16-18H,14-15H2,1-5H3,(H2,24,25)/t18-/m1/s1. The van der Waals surface area contributed by atoms with E-state index in [0.29, 0.717) is 17.7 Å². The Labute approximate surface area is 153 Å². The largest absolute Gasteiger partial charge is 0.387 e. The van der Waals surface area contributed by atoms with E-state index in [1.807, 2.05) is 0 Å². The van der Waals surface area contributed by atoms with Crippen LogP contribution in [0.25, 0.3) is 0 Å². The molecule has 0 bridgehead atoms. The Kier molecular flexibility index (Phi) is 6.81. The summed E-state index contributed by atoms with van der Waals surface area (Å²) in [6.45, 7) is 11.1. The Balaban J connectivity index is 2.07. The smallest absolute Gasteiger partial charge is 0.107 e. The molecule has 0 aromatic heterocycles. The SMILES string of the molecule is CC(C)Cc1ccc(N=C(N)[C@H](C)c2ccc(CC(C)C)cc2)cc1. The Morgan fingerprint density at radius 2 is 1.20 bits per heavy atom. The van der Waals surface area contributed by atoms with Crippen LogP contribution < -0.4 is 5.73 Å². The minimum atomic E-state index is 0.114. The topological polar surface area (TPSA) is 38.4 Å². The van der Waals surface area contributed by atoms with E-state index < -0.39 is 0 Å². The van der Waals surface area contributed by atoms with Crippen LogP contribution in [0.2, 0.25) is 0 Å². The van der Waals surface area contributed by atoms with E-state index in [-0.39, 0.29) is 5.92 Å². The van der Waals surface area contributed by atoms with Gasteiger partial charge in [-0.15, -0.1) is 0 Å². The van der Waals surface area contributed by atoms with Gasteiger partial charge >= 0.3 is 0 Å². The van der Waals surface area contributed by atoms with E-state index in [0.717, 1.165) is 18.5 Å². The quantitative estimate of drug-likeness (QED) is 0.498. The van der Waals surface area contributed by atoms with Crippen LogP contribution in [0.4, 0.5) is 5.69 Å². The minimum absolute atomic E-state index is 0.114. The monoisotopic (exact) mass is 336 g/mol. The lowest BCUT2D eigenvalue weighted by atomic mass is 9.96. The highest BCUT2D eigenvalue weighted by Crippen LogP contribution is 2.21. The number of rotatable bonds is 7.